The lowest BCUT2D eigenvalue weighted by Crippen LogP contribution is -2.54. The zero-order chi connectivity index (χ0) is 17.1. The zero-order valence-electron chi connectivity index (χ0n) is 15.2. The second-order valence-corrected chi connectivity index (χ2v) is 9.70. The largest absolute Gasteiger partial charge is 0.389 e. The standard InChI is InChI=1S/C21H32O3/c1-20-9-7-14(23)11-13(20)3-4-15-16-5-6-18(19(24)12-22)21(16,2)10-8-17(15)20/h13,15-18,22H,3-12H2,1-2H3/t13-,15+,16+,17+,18-,20+,21+/m1/s1. The van der Waals surface area contributed by atoms with Gasteiger partial charge in [-0.1, -0.05) is 13.8 Å². The van der Waals surface area contributed by atoms with Gasteiger partial charge in [0.1, 0.15) is 12.4 Å². The summed E-state index contributed by atoms with van der Waals surface area (Å²) in [5.74, 6) is 3.34. The van der Waals surface area contributed by atoms with Crippen LogP contribution in [0.5, 0.6) is 0 Å². The molecule has 0 aromatic heterocycles. The van der Waals surface area contributed by atoms with Crippen molar-refractivity contribution in [3.8, 4) is 0 Å². The minimum absolute atomic E-state index is 0.0709. The maximum Gasteiger partial charge on any atom is 0.161 e. The molecule has 4 rings (SSSR count). The van der Waals surface area contributed by atoms with Gasteiger partial charge in [-0.3, -0.25) is 9.59 Å². The highest BCUT2D eigenvalue weighted by atomic mass is 16.3. The van der Waals surface area contributed by atoms with Crippen LogP contribution in [0.25, 0.3) is 0 Å². The average Bonchev–Trinajstić information content (AvgIpc) is 2.92. The molecule has 0 saturated heterocycles. The molecule has 4 aliphatic rings. The number of carbonyl (C=O) groups excluding carboxylic acids is 2. The maximum atomic E-state index is 12.3. The topological polar surface area (TPSA) is 54.4 Å². The van der Waals surface area contributed by atoms with Crippen molar-refractivity contribution in [3.63, 3.8) is 0 Å². The summed E-state index contributed by atoms with van der Waals surface area (Å²) >= 11 is 0. The number of aliphatic hydroxyl groups is 1. The molecule has 4 aliphatic carbocycles. The van der Waals surface area contributed by atoms with Crippen LogP contribution in [0.3, 0.4) is 0 Å². The van der Waals surface area contributed by atoms with Gasteiger partial charge in [0.15, 0.2) is 5.78 Å². The van der Waals surface area contributed by atoms with Crippen molar-refractivity contribution in [2.45, 2.75) is 71.6 Å². The Hall–Kier alpha value is -0.700. The van der Waals surface area contributed by atoms with Crippen LogP contribution in [0.2, 0.25) is 0 Å². The average molecular weight is 332 g/mol. The van der Waals surface area contributed by atoms with Crippen LogP contribution in [0.1, 0.15) is 71.6 Å². The zero-order valence-corrected chi connectivity index (χ0v) is 15.2. The van der Waals surface area contributed by atoms with Gasteiger partial charge in [0, 0.05) is 18.8 Å². The van der Waals surface area contributed by atoms with E-state index in [1.54, 1.807) is 0 Å². The summed E-state index contributed by atoms with van der Waals surface area (Å²) in [6, 6.07) is 0. The predicted molar refractivity (Wildman–Crippen MR) is 92.3 cm³/mol. The summed E-state index contributed by atoms with van der Waals surface area (Å²) in [6.45, 7) is 4.51. The highest BCUT2D eigenvalue weighted by molar-refractivity contribution is 5.83. The van der Waals surface area contributed by atoms with E-state index in [-0.39, 0.29) is 23.7 Å². The Bertz CT molecular complexity index is 555. The van der Waals surface area contributed by atoms with E-state index in [1.807, 2.05) is 0 Å². The van der Waals surface area contributed by atoms with Crippen LogP contribution >= 0.6 is 0 Å². The van der Waals surface area contributed by atoms with E-state index in [1.165, 1.54) is 19.3 Å². The van der Waals surface area contributed by atoms with E-state index in [2.05, 4.69) is 13.8 Å². The summed E-state index contributed by atoms with van der Waals surface area (Å²) < 4.78 is 0. The van der Waals surface area contributed by atoms with Gasteiger partial charge in [0.25, 0.3) is 0 Å². The fourth-order valence-corrected chi connectivity index (χ4v) is 7.68. The number of carbonyl (C=O) groups is 2. The summed E-state index contributed by atoms with van der Waals surface area (Å²) in [4.78, 5) is 24.2. The first-order chi connectivity index (χ1) is 11.4. The first-order valence-corrected chi connectivity index (χ1v) is 10.1. The molecule has 1 N–H and O–H groups in total. The minimum atomic E-state index is -0.289. The Morgan fingerprint density at radius 1 is 1.04 bits per heavy atom. The van der Waals surface area contributed by atoms with Crippen molar-refractivity contribution in [2.75, 3.05) is 6.61 Å². The monoisotopic (exact) mass is 332 g/mol. The van der Waals surface area contributed by atoms with Crippen LogP contribution in [-0.2, 0) is 9.59 Å². The van der Waals surface area contributed by atoms with Gasteiger partial charge >= 0.3 is 0 Å². The molecule has 0 bridgehead atoms. The SMILES string of the molecule is C[C@]12CCC(=O)C[C@H]1CC[C@@H]1[C@@H]2CC[C@]2(C)[C@@H](C(=O)CO)CC[C@@H]12. The number of ketones is 2. The Kier molecular flexibility index (Phi) is 3.95. The maximum absolute atomic E-state index is 12.3. The van der Waals surface area contributed by atoms with Crippen molar-refractivity contribution in [1.82, 2.24) is 0 Å². The minimum Gasteiger partial charge on any atom is -0.389 e. The molecule has 24 heavy (non-hydrogen) atoms. The number of hydrogen-bond donors (Lipinski definition) is 1. The van der Waals surface area contributed by atoms with E-state index in [4.69, 9.17) is 0 Å². The van der Waals surface area contributed by atoms with E-state index >= 15 is 0 Å². The third-order valence-electron chi connectivity index (χ3n) is 9.03. The molecule has 4 saturated carbocycles. The summed E-state index contributed by atoms with van der Waals surface area (Å²) in [5.41, 5.74) is 0.450. The molecule has 7 atom stereocenters. The highest BCUT2D eigenvalue weighted by Crippen LogP contribution is 2.67. The molecule has 0 amide bonds. The Labute approximate surface area is 145 Å². The summed E-state index contributed by atoms with van der Waals surface area (Å²) in [6.07, 6.45) is 9.61. The van der Waals surface area contributed by atoms with E-state index in [0.717, 1.165) is 50.4 Å². The summed E-state index contributed by atoms with van der Waals surface area (Å²) in [5, 5.41) is 9.37. The molecule has 0 spiro atoms. The van der Waals surface area contributed by atoms with Crippen LogP contribution < -0.4 is 0 Å². The molecule has 0 aromatic rings. The van der Waals surface area contributed by atoms with Gasteiger partial charge < -0.3 is 5.11 Å². The Balaban J connectivity index is 1.61. The van der Waals surface area contributed by atoms with E-state index < -0.39 is 0 Å². The van der Waals surface area contributed by atoms with Gasteiger partial charge in [0.2, 0.25) is 0 Å². The predicted octanol–water partition coefficient (Wildman–Crippen LogP) is 3.78. The Morgan fingerprint density at radius 2 is 1.79 bits per heavy atom. The van der Waals surface area contributed by atoms with Gasteiger partial charge in [-0.2, -0.15) is 0 Å². The second kappa shape index (κ2) is 5.65. The number of fused-ring (bicyclic) bond motifs is 5. The van der Waals surface area contributed by atoms with Crippen molar-refractivity contribution < 1.29 is 14.7 Å². The Morgan fingerprint density at radius 3 is 2.54 bits per heavy atom. The fourth-order valence-electron chi connectivity index (χ4n) is 7.68. The number of Topliss-reactive ketones (excluding diaryl/α,β-unsaturated/α-hetero) is 2. The molecule has 0 radical (unpaired) electrons. The van der Waals surface area contributed by atoms with Crippen LogP contribution in [0, 0.1) is 40.4 Å². The molecule has 3 nitrogen and oxygen atoms in total. The molecule has 0 aliphatic heterocycles. The molecule has 134 valence electrons. The van der Waals surface area contributed by atoms with Gasteiger partial charge in [0.05, 0.1) is 0 Å². The van der Waals surface area contributed by atoms with Crippen molar-refractivity contribution >= 4 is 11.6 Å². The molecule has 0 unspecified atom stereocenters. The quantitative estimate of drug-likeness (QED) is 0.837. The van der Waals surface area contributed by atoms with E-state index in [9.17, 15) is 14.7 Å². The second-order valence-electron chi connectivity index (χ2n) is 9.70. The van der Waals surface area contributed by atoms with Crippen LogP contribution in [0.15, 0.2) is 0 Å². The summed E-state index contributed by atoms with van der Waals surface area (Å²) in [7, 11) is 0. The van der Waals surface area contributed by atoms with Gasteiger partial charge in [-0.25, -0.2) is 0 Å². The molecular weight excluding hydrogens is 300 g/mol. The van der Waals surface area contributed by atoms with Crippen LogP contribution in [0.4, 0.5) is 0 Å². The number of rotatable bonds is 2. The lowest BCUT2D eigenvalue weighted by Gasteiger charge is -2.60. The fraction of sp³-hybridized carbons (Fsp3) is 0.905. The molecule has 0 aromatic carbocycles. The third-order valence-corrected chi connectivity index (χ3v) is 9.03. The smallest absolute Gasteiger partial charge is 0.161 e. The molecule has 0 heterocycles. The normalized spacial score (nSPS) is 50.8. The van der Waals surface area contributed by atoms with Crippen molar-refractivity contribution in [2.24, 2.45) is 40.4 Å². The third kappa shape index (κ3) is 2.19. The lowest BCUT2D eigenvalue weighted by atomic mass is 9.44. The molecule has 3 heteroatoms. The molecule has 4 fully saturated rings. The van der Waals surface area contributed by atoms with Crippen molar-refractivity contribution in [3.05, 3.63) is 0 Å². The first-order valence-electron chi connectivity index (χ1n) is 10.1. The number of hydrogen-bond acceptors (Lipinski definition) is 3. The van der Waals surface area contributed by atoms with Gasteiger partial charge in [-0.15, -0.1) is 0 Å². The lowest BCUT2D eigenvalue weighted by molar-refractivity contribution is -0.144. The first kappa shape index (κ1) is 16.8. The van der Waals surface area contributed by atoms with Crippen molar-refractivity contribution in [1.29, 1.82) is 0 Å². The molecular formula is C21H32O3. The van der Waals surface area contributed by atoms with E-state index in [0.29, 0.717) is 23.0 Å². The van der Waals surface area contributed by atoms with Gasteiger partial charge in [-0.05, 0) is 79.4 Å². The van der Waals surface area contributed by atoms with Crippen LogP contribution in [-0.4, -0.2) is 23.3 Å². The highest BCUT2D eigenvalue weighted by Gasteiger charge is 2.60. The number of aliphatic hydroxyl groups excluding tert-OH is 1.